The van der Waals surface area contributed by atoms with E-state index in [4.69, 9.17) is 5.73 Å². The summed E-state index contributed by atoms with van der Waals surface area (Å²) in [7, 11) is 1.81. The lowest BCUT2D eigenvalue weighted by Crippen LogP contribution is -2.29. The summed E-state index contributed by atoms with van der Waals surface area (Å²) in [6.45, 7) is 1.29. The van der Waals surface area contributed by atoms with Gasteiger partial charge in [-0.1, -0.05) is 12.1 Å². The van der Waals surface area contributed by atoms with E-state index in [-0.39, 0.29) is 5.91 Å². The van der Waals surface area contributed by atoms with E-state index >= 15 is 0 Å². The molecule has 17 heavy (non-hydrogen) atoms. The normalized spacial score (nSPS) is 10.7. The lowest BCUT2D eigenvalue weighted by molar-refractivity contribution is 0.0796. The van der Waals surface area contributed by atoms with Crippen LogP contribution in [0.25, 0.3) is 10.9 Å². The SMILES string of the molecule is CN(CCCN)C(=O)c1cccc2cc[nH]c12. The molecule has 0 bridgehead atoms. The molecule has 0 saturated carbocycles. The molecule has 1 amide bonds. The van der Waals surface area contributed by atoms with Crippen LogP contribution in [0.5, 0.6) is 0 Å². The summed E-state index contributed by atoms with van der Waals surface area (Å²) in [5, 5.41) is 1.06. The first-order valence-corrected chi connectivity index (χ1v) is 5.75. The number of fused-ring (bicyclic) bond motifs is 1. The number of para-hydroxylation sites is 1. The van der Waals surface area contributed by atoms with Crippen LogP contribution < -0.4 is 5.73 Å². The molecule has 4 nitrogen and oxygen atoms in total. The van der Waals surface area contributed by atoms with Gasteiger partial charge in [0.2, 0.25) is 0 Å². The van der Waals surface area contributed by atoms with Crippen LogP contribution in [0.3, 0.4) is 0 Å². The van der Waals surface area contributed by atoms with Crippen molar-refractivity contribution >= 4 is 16.8 Å². The second kappa shape index (κ2) is 5.01. The highest BCUT2D eigenvalue weighted by atomic mass is 16.2. The first kappa shape index (κ1) is 11.7. The van der Waals surface area contributed by atoms with Crippen LogP contribution in [0.4, 0.5) is 0 Å². The third-order valence-electron chi connectivity index (χ3n) is 2.86. The zero-order chi connectivity index (χ0) is 12.3. The Labute approximate surface area is 100 Å². The number of H-pyrrole nitrogens is 1. The van der Waals surface area contributed by atoms with E-state index in [0.717, 1.165) is 17.3 Å². The number of carbonyl (C=O) groups excluding carboxylic acids is 1. The maximum absolute atomic E-state index is 12.2. The van der Waals surface area contributed by atoms with Gasteiger partial charge in [-0.15, -0.1) is 0 Å². The van der Waals surface area contributed by atoms with E-state index in [1.54, 1.807) is 11.9 Å². The van der Waals surface area contributed by atoms with Crippen LogP contribution in [0.2, 0.25) is 0 Å². The van der Waals surface area contributed by atoms with Gasteiger partial charge in [0, 0.05) is 25.2 Å². The van der Waals surface area contributed by atoms with Crippen molar-refractivity contribution in [2.45, 2.75) is 6.42 Å². The van der Waals surface area contributed by atoms with Gasteiger partial charge in [0.05, 0.1) is 11.1 Å². The number of rotatable bonds is 4. The van der Waals surface area contributed by atoms with Crippen molar-refractivity contribution < 1.29 is 4.79 Å². The largest absolute Gasteiger partial charge is 0.361 e. The van der Waals surface area contributed by atoms with Crippen LogP contribution in [-0.2, 0) is 0 Å². The quantitative estimate of drug-likeness (QED) is 0.839. The molecule has 0 fully saturated rings. The Morgan fingerprint density at radius 1 is 1.41 bits per heavy atom. The summed E-state index contributed by atoms with van der Waals surface area (Å²) >= 11 is 0. The molecule has 1 heterocycles. The van der Waals surface area contributed by atoms with Crippen molar-refractivity contribution in [1.82, 2.24) is 9.88 Å². The molecule has 1 aromatic carbocycles. The van der Waals surface area contributed by atoms with Crippen LogP contribution in [0.15, 0.2) is 30.5 Å². The average molecular weight is 231 g/mol. The third kappa shape index (κ3) is 2.31. The smallest absolute Gasteiger partial charge is 0.255 e. The van der Waals surface area contributed by atoms with E-state index in [1.807, 2.05) is 30.5 Å². The molecule has 0 atom stereocenters. The summed E-state index contributed by atoms with van der Waals surface area (Å²) < 4.78 is 0. The van der Waals surface area contributed by atoms with Gasteiger partial charge < -0.3 is 15.6 Å². The highest BCUT2D eigenvalue weighted by Crippen LogP contribution is 2.18. The molecular weight excluding hydrogens is 214 g/mol. The Morgan fingerprint density at radius 3 is 3.00 bits per heavy atom. The molecule has 2 rings (SSSR count). The minimum Gasteiger partial charge on any atom is -0.361 e. The fourth-order valence-electron chi connectivity index (χ4n) is 1.90. The van der Waals surface area contributed by atoms with Crippen LogP contribution in [-0.4, -0.2) is 35.9 Å². The number of aromatic amines is 1. The summed E-state index contributed by atoms with van der Waals surface area (Å²) in [4.78, 5) is 17.0. The third-order valence-corrected chi connectivity index (χ3v) is 2.86. The van der Waals surface area contributed by atoms with E-state index < -0.39 is 0 Å². The Morgan fingerprint density at radius 2 is 2.24 bits per heavy atom. The second-order valence-electron chi connectivity index (χ2n) is 4.12. The van der Waals surface area contributed by atoms with Crippen LogP contribution in [0, 0.1) is 0 Å². The minimum atomic E-state index is 0.0338. The number of carbonyl (C=O) groups is 1. The summed E-state index contributed by atoms with van der Waals surface area (Å²) in [5.74, 6) is 0.0338. The van der Waals surface area contributed by atoms with E-state index in [1.165, 1.54) is 0 Å². The Balaban J connectivity index is 2.27. The Hall–Kier alpha value is -1.81. The molecule has 0 aliphatic rings. The van der Waals surface area contributed by atoms with Crippen molar-refractivity contribution in [1.29, 1.82) is 0 Å². The molecule has 4 heteroatoms. The molecule has 0 saturated heterocycles. The second-order valence-corrected chi connectivity index (χ2v) is 4.12. The highest BCUT2D eigenvalue weighted by molar-refractivity contribution is 6.05. The van der Waals surface area contributed by atoms with Crippen molar-refractivity contribution in [3.05, 3.63) is 36.0 Å². The summed E-state index contributed by atoms with van der Waals surface area (Å²) in [5.41, 5.74) is 7.06. The number of nitrogens with zero attached hydrogens (tertiary/aromatic N) is 1. The summed E-state index contributed by atoms with van der Waals surface area (Å²) in [6.07, 6.45) is 2.67. The molecule has 3 N–H and O–H groups in total. The average Bonchev–Trinajstić information content (AvgIpc) is 2.82. The first-order valence-electron chi connectivity index (χ1n) is 5.75. The number of hydrogen-bond donors (Lipinski definition) is 2. The lowest BCUT2D eigenvalue weighted by atomic mass is 10.1. The molecule has 0 spiro atoms. The van der Waals surface area contributed by atoms with Crippen molar-refractivity contribution in [2.24, 2.45) is 5.73 Å². The zero-order valence-corrected chi connectivity index (χ0v) is 9.94. The van der Waals surface area contributed by atoms with Gasteiger partial charge in [-0.3, -0.25) is 4.79 Å². The van der Waals surface area contributed by atoms with Gasteiger partial charge in [-0.25, -0.2) is 0 Å². The van der Waals surface area contributed by atoms with E-state index in [0.29, 0.717) is 18.7 Å². The fraction of sp³-hybridized carbons (Fsp3) is 0.308. The number of hydrogen-bond acceptors (Lipinski definition) is 2. The number of amides is 1. The minimum absolute atomic E-state index is 0.0338. The van der Waals surface area contributed by atoms with Gasteiger partial charge in [0.25, 0.3) is 5.91 Å². The van der Waals surface area contributed by atoms with Gasteiger partial charge >= 0.3 is 0 Å². The van der Waals surface area contributed by atoms with Crippen LogP contribution in [0.1, 0.15) is 16.8 Å². The topological polar surface area (TPSA) is 62.1 Å². The number of aromatic nitrogens is 1. The van der Waals surface area contributed by atoms with Crippen LogP contribution >= 0.6 is 0 Å². The zero-order valence-electron chi connectivity index (χ0n) is 9.94. The van der Waals surface area contributed by atoms with Crippen molar-refractivity contribution in [3.63, 3.8) is 0 Å². The highest BCUT2D eigenvalue weighted by Gasteiger charge is 2.14. The van der Waals surface area contributed by atoms with E-state index in [2.05, 4.69) is 4.98 Å². The predicted molar refractivity (Wildman–Crippen MR) is 68.9 cm³/mol. The van der Waals surface area contributed by atoms with Crippen molar-refractivity contribution in [2.75, 3.05) is 20.1 Å². The summed E-state index contributed by atoms with van der Waals surface area (Å²) in [6, 6.07) is 7.70. The van der Waals surface area contributed by atoms with Gasteiger partial charge in [0.1, 0.15) is 0 Å². The molecule has 2 aromatic rings. The maximum Gasteiger partial charge on any atom is 0.255 e. The molecule has 0 unspecified atom stereocenters. The number of benzene rings is 1. The molecule has 0 aliphatic carbocycles. The number of nitrogens with one attached hydrogen (secondary N) is 1. The predicted octanol–water partition coefficient (Wildman–Crippen LogP) is 1.59. The van der Waals surface area contributed by atoms with Gasteiger partial charge in [0.15, 0.2) is 0 Å². The molecule has 1 aromatic heterocycles. The standard InChI is InChI=1S/C13H17N3O/c1-16(9-3-7-14)13(17)11-5-2-4-10-6-8-15-12(10)11/h2,4-6,8,15H,3,7,9,14H2,1H3. The molecule has 0 aliphatic heterocycles. The lowest BCUT2D eigenvalue weighted by Gasteiger charge is -2.17. The fourth-order valence-corrected chi connectivity index (χ4v) is 1.90. The van der Waals surface area contributed by atoms with Gasteiger partial charge in [-0.05, 0) is 25.1 Å². The first-order chi connectivity index (χ1) is 8.24. The maximum atomic E-state index is 12.2. The molecule has 0 radical (unpaired) electrons. The molecular formula is C13H17N3O. The Kier molecular flexibility index (Phi) is 3.44. The van der Waals surface area contributed by atoms with Crippen molar-refractivity contribution in [3.8, 4) is 0 Å². The number of nitrogens with two attached hydrogens (primary N) is 1. The van der Waals surface area contributed by atoms with Gasteiger partial charge in [-0.2, -0.15) is 0 Å². The molecule has 90 valence electrons. The monoisotopic (exact) mass is 231 g/mol. The Bertz CT molecular complexity index is 518. The van der Waals surface area contributed by atoms with E-state index in [9.17, 15) is 4.79 Å².